The molecule has 1 aromatic rings. The standard InChI is InChI=1S/C14H18N4O3/c1-17-8-14(21)18(9-13(17)20)7-11-5-3-2-4-10(11)6-12(19)16-15/h2-5H,6-9,15H2,1H3,(H,16,19). The lowest BCUT2D eigenvalue weighted by molar-refractivity contribution is -0.149. The number of rotatable bonds is 4. The Morgan fingerprint density at radius 3 is 2.52 bits per heavy atom. The lowest BCUT2D eigenvalue weighted by Gasteiger charge is -2.32. The van der Waals surface area contributed by atoms with Crippen molar-refractivity contribution in [2.24, 2.45) is 5.84 Å². The topological polar surface area (TPSA) is 95.7 Å². The predicted octanol–water partition coefficient (Wildman–Crippen LogP) is -0.980. The van der Waals surface area contributed by atoms with Gasteiger partial charge in [-0.15, -0.1) is 0 Å². The number of hydrazine groups is 1. The van der Waals surface area contributed by atoms with E-state index in [1.54, 1.807) is 7.05 Å². The van der Waals surface area contributed by atoms with Gasteiger partial charge in [0.1, 0.15) is 6.54 Å². The third-order valence-corrected chi connectivity index (χ3v) is 3.47. The van der Waals surface area contributed by atoms with Crippen molar-refractivity contribution in [2.45, 2.75) is 13.0 Å². The van der Waals surface area contributed by atoms with Gasteiger partial charge >= 0.3 is 0 Å². The summed E-state index contributed by atoms with van der Waals surface area (Å²) < 4.78 is 0. The van der Waals surface area contributed by atoms with Crippen LogP contribution in [0.5, 0.6) is 0 Å². The quantitative estimate of drug-likeness (QED) is 0.423. The van der Waals surface area contributed by atoms with Gasteiger partial charge in [-0.1, -0.05) is 24.3 Å². The zero-order chi connectivity index (χ0) is 15.4. The van der Waals surface area contributed by atoms with Gasteiger partial charge in [0.05, 0.1) is 13.0 Å². The maximum Gasteiger partial charge on any atom is 0.242 e. The molecule has 0 bridgehead atoms. The molecule has 112 valence electrons. The maximum atomic E-state index is 12.0. The molecule has 1 aromatic carbocycles. The van der Waals surface area contributed by atoms with Crippen LogP contribution in [0.4, 0.5) is 0 Å². The average molecular weight is 290 g/mol. The molecular weight excluding hydrogens is 272 g/mol. The Morgan fingerprint density at radius 2 is 1.86 bits per heavy atom. The molecule has 7 heteroatoms. The van der Waals surface area contributed by atoms with Crippen LogP contribution in [0.25, 0.3) is 0 Å². The third kappa shape index (κ3) is 3.57. The van der Waals surface area contributed by atoms with Crippen LogP contribution in [0.15, 0.2) is 24.3 Å². The lowest BCUT2D eigenvalue weighted by Crippen LogP contribution is -2.51. The minimum absolute atomic E-state index is 0.0623. The predicted molar refractivity (Wildman–Crippen MR) is 75.5 cm³/mol. The highest BCUT2D eigenvalue weighted by Crippen LogP contribution is 2.14. The van der Waals surface area contributed by atoms with E-state index in [0.717, 1.165) is 11.1 Å². The summed E-state index contributed by atoms with van der Waals surface area (Å²) in [6.07, 6.45) is 0.141. The van der Waals surface area contributed by atoms with Crippen LogP contribution in [-0.2, 0) is 27.3 Å². The molecule has 0 saturated carbocycles. The number of hydrogen-bond acceptors (Lipinski definition) is 4. The van der Waals surface area contributed by atoms with E-state index in [4.69, 9.17) is 5.84 Å². The summed E-state index contributed by atoms with van der Waals surface area (Å²) in [7, 11) is 1.61. The summed E-state index contributed by atoms with van der Waals surface area (Å²) in [6, 6.07) is 7.31. The number of likely N-dealkylation sites (N-methyl/N-ethyl adjacent to an activating group) is 1. The van der Waals surface area contributed by atoms with E-state index in [1.165, 1.54) is 9.80 Å². The van der Waals surface area contributed by atoms with Crippen molar-refractivity contribution < 1.29 is 14.4 Å². The van der Waals surface area contributed by atoms with E-state index in [0.29, 0.717) is 6.54 Å². The van der Waals surface area contributed by atoms with Crippen LogP contribution in [0.3, 0.4) is 0 Å². The number of piperazine rings is 1. The molecule has 0 spiro atoms. The van der Waals surface area contributed by atoms with Crippen LogP contribution in [0, 0.1) is 0 Å². The molecular formula is C14H18N4O3. The second-order valence-corrected chi connectivity index (χ2v) is 5.01. The normalized spacial score (nSPS) is 15.3. The fourth-order valence-electron chi connectivity index (χ4n) is 2.22. The summed E-state index contributed by atoms with van der Waals surface area (Å²) in [5.41, 5.74) is 3.72. The Hall–Kier alpha value is -2.41. The van der Waals surface area contributed by atoms with E-state index < -0.39 is 0 Å². The van der Waals surface area contributed by atoms with Crippen LogP contribution in [0.2, 0.25) is 0 Å². The van der Waals surface area contributed by atoms with Crippen molar-refractivity contribution in [1.82, 2.24) is 15.2 Å². The smallest absolute Gasteiger partial charge is 0.242 e. The highest BCUT2D eigenvalue weighted by atomic mass is 16.2. The first-order valence-corrected chi connectivity index (χ1v) is 6.59. The molecule has 1 fully saturated rings. The summed E-state index contributed by atoms with van der Waals surface area (Å²) in [4.78, 5) is 38.0. The lowest BCUT2D eigenvalue weighted by atomic mass is 10.0. The van der Waals surface area contributed by atoms with Crippen LogP contribution >= 0.6 is 0 Å². The number of amides is 3. The van der Waals surface area contributed by atoms with Crippen molar-refractivity contribution >= 4 is 17.7 Å². The monoisotopic (exact) mass is 290 g/mol. The van der Waals surface area contributed by atoms with Crippen LogP contribution < -0.4 is 11.3 Å². The highest BCUT2D eigenvalue weighted by molar-refractivity contribution is 5.92. The summed E-state index contributed by atoms with van der Waals surface area (Å²) in [6.45, 7) is 0.462. The van der Waals surface area contributed by atoms with Gasteiger partial charge in [-0.25, -0.2) is 5.84 Å². The molecule has 21 heavy (non-hydrogen) atoms. The summed E-state index contributed by atoms with van der Waals surface area (Å²) in [5.74, 6) is 4.60. The van der Waals surface area contributed by atoms with Gasteiger partial charge < -0.3 is 9.80 Å². The van der Waals surface area contributed by atoms with Crippen molar-refractivity contribution in [3.05, 3.63) is 35.4 Å². The number of benzene rings is 1. The van der Waals surface area contributed by atoms with E-state index in [1.807, 2.05) is 24.3 Å². The first-order valence-electron chi connectivity index (χ1n) is 6.59. The fraction of sp³-hybridized carbons (Fsp3) is 0.357. The molecule has 3 N–H and O–H groups in total. The molecule has 0 radical (unpaired) electrons. The number of nitrogens with one attached hydrogen (secondary N) is 1. The Bertz CT molecular complexity index is 573. The number of nitrogens with two attached hydrogens (primary N) is 1. The Kier molecular flexibility index (Phi) is 4.54. The van der Waals surface area contributed by atoms with Gasteiger partial charge in [-0.05, 0) is 11.1 Å². The van der Waals surface area contributed by atoms with E-state index in [9.17, 15) is 14.4 Å². The molecule has 1 heterocycles. The number of carbonyl (C=O) groups is 3. The van der Waals surface area contributed by atoms with Gasteiger partial charge in [0.2, 0.25) is 17.7 Å². The second kappa shape index (κ2) is 6.36. The SMILES string of the molecule is CN1CC(=O)N(Cc2ccccc2CC(=O)NN)CC1=O. The molecule has 3 amide bonds. The van der Waals surface area contributed by atoms with Gasteiger partial charge in [-0.3, -0.25) is 19.8 Å². The largest absolute Gasteiger partial charge is 0.335 e. The summed E-state index contributed by atoms with van der Waals surface area (Å²) in [5, 5.41) is 0. The van der Waals surface area contributed by atoms with E-state index in [2.05, 4.69) is 5.43 Å². The Morgan fingerprint density at radius 1 is 1.19 bits per heavy atom. The first kappa shape index (κ1) is 15.0. The molecule has 0 aliphatic carbocycles. The first-order chi connectivity index (χ1) is 10.0. The molecule has 1 aliphatic heterocycles. The minimum Gasteiger partial charge on any atom is -0.335 e. The Balaban J connectivity index is 2.14. The summed E-state index contributed by atoms with van der Waals surface area (Å²) >= 11 is 0. The van der Waals surface area contributed by atoms with Crippen LogP contribution in [0.1, 0.15) is 11.1 Å². The molecule has 0 atom stereocenters. The second-order valence-electron chi connectivity index (χ2n) is 5.01. The molecule has 1 saturated heterocycles. The minimum atomic E-state index is -0.303. The molecule has 1 aliphatic rings. The van der Waals surface area contributed by atoms with Crippen molar-refractivity contribution in [2.75, 3.05) is 20.1 Å². The van der Waals surface area contributed by atoms with Gasteiger partial charge in [0.15, 0.2) is 0 Å². The molecule has 0 aromatic heterocycles. The molecule has 2 rings (SSSR count). The van der Waals surface area contributed by atoms with Gasteiger partial charge in [0.25, 0.3) is 0 Å². The fourth-order valence-corrected chi connectivity index (χ4v) is 2.22. The maximum absolute atomic E-state index is 12.0. The van der Waals surface area contributed by atoms with Crippen LogP contribution in [-0.4, -0.2) is 47.7 Å². The van der Waals surface area contributed by atoms with Crippen molar-refractivity contribution in [3.8, 4) is 0 Å². The Labute approximate surface area is 122 Å². The molecule has 0 unspecified atom stereocenters. The third-order valence-electron chi connectivity index (χ3n) is 3.47. The average Bonchev–Trinajstić information content (AvgIpc) is 2.46. The van der Waals surface area contributed by atoms with Crippen molar-refractivity contribution in [3.63, 3.8) is 0 Å². The molecule has 7 nitrogen and oxygen atoms in total. The van der Waals surface area contributed by atoms with Gasteiger partial charge in [0, 0.05) is 13.6 Å². The van der Waals surface area contributed by atoms with E-state index >= 15 is 0 Å². The number of carbonyl (C=O) groups excluding carboxylic acids is 3. The zero-order valence-electron chi connectivity index (χ0n) is 11.8. The zero-order valence-corrected chi connectivity index (χ0v) is 11.8. The number of hydrogen-bond donors (Lipinski definition) is 2. The number of nitrogens with zero attached hydrogens (tertiary/aromatic N) is 2. The highest BCUT2D eigenvalue weighted by Gasteiger charge is 2.27. The van der Waals surface area contributed by atoms with Crippen molar-refractivity contribution in [1.29, 1.82) is 0 Å². The van der Waals surface area contributed by atoms with E-state index in [-0.39, 0.29) is 37.2 Å². The van der Waals surface area contributed by atoms with Gasteiger partial charge in [-0.2, -0.15) is 0 Å².